The first-order chi connectivity index (χ1) is 14.7. The fourth-order valence-corrected chi connectivity index (χ4v) is 3.91. The van der Waals surface area contributed by atoms with Crippen LogP contribution in [0.15, 0.2) is 42.5 Å². The van der Waals surface area contributed by atoms with E-state index in [2.05, 4.69) is 15.1 Å². The topological polar surface area (TPSA) is 54.0 Å². The average Bonchev–Trinajstić information content (AvgIpc) is 2.79. The lowest BCUT2D eigenvalue weighted by Gasteiger charge is -2.30. The fourth-order valence-electron chi connectivity index (χ4n) is 3.91. The van der Waals surface area contributed by atoms with Crippen molar-refractivity contribution in [3.63, 3.8) is 0 Å². The highest BCUT2D eigenvalue weighted by molar-refractivity contribution is 5.94. The fraction of sp³-hybridized carbons (Fsp3) is 0.435. The van der Waals surface area contributed by atoms with E-state index < -0.39 is 0 Å². The molecule has 2 aromatic carbocycles. The van der Waals surface area contributed by atoms with Gasteiger partial charge in [-0.3, -0.25) is 9.69 Å². The van der Waals surface area contributed by atoms with Gasteiger partial charge in [-0.05, 0) is 41.5 Å². The third kappa shape index (κ3) is 5.36. The number of hydrogen-bond acceptors (Lipinski definition) is 5. The number of nitrogens with one attached hydrogen (secondary N) is 1. The van der Waals surface area contributed by atoms with Gasteiger partial charge in [-0.2, -0.15) is 0 Å². The molecule has 0 aromatic heterocycles. The van der Waals surface area contributed by atoms with Crippen molar-refractivity contribution >= 4 is 11.6 Å². The summed E-state index contributed by atoms with van der Waals surface area (Å²) in [6.07, 6.45) is 0. The Balaban J connectivity index is 1.41. The number of carbonyl (C=O) groups excluding carboxylic acids is 1. The summed E-state index contributed by atoms with van der Waals surface area (Å²) in [6, 6.07) is 12.4. The van der Waals surface area contributed by atoms with Gasteiger partial charge < -0.3 is 19.7 Å². The molecule has 0 spiro atoms. The van der Waals surface area contributed by atoms with Gasteiger partial charge >= 0.3 is 0 Å². The first-order valence-electron chi connectivity index (χ1n) is 10.5. The molecule has 0 unspecified atom stereocenters. The molecule has 4 rings (SSSR count). The molecular weight excluding hydrogens is 385 g/mol. The van der Waals surface area contributed by atoms with Crippen LogP contribution in [0, 0.1) is 5.82 Å². The molecule has 0 atom stereocenters. The number of amides is 1. The Morgan fingerprint density at radius 1 is 0.967 bits per heavy atom. The van der Waals surface area contributed by atoms with E-state index in [1.165, 1.54) is 12.1 Å². The molecule has 2 heterocycles. The van der Waals surface area contributed by atoms with E-state index in [-0.39, 0.29) is 18.3 Å². The minimum atomic E-state index is -0.302. The third-order valence-electron chi connectivity index (χ3n) is 5.53. The largest absolute Gasteiger partial charge is 0.379 e. The molecule has 2 aliphatic heterocycles. The summed E-state index contributed by atoms with van der Waals surface area (Å²) in [5, 5.41) is 2.96. The molecule has 2 fully saturated rings. The van der Waals surface area contributed by atoms with Crippen molar-refractivity contribution in [2.75, 3.05) is 57.5 Å². The van der Waals surface area contributed by atoms with Crippen LogP contribution in [0.3, 0.4) is 0 Å². The minimum absolute atomic E-state index is 0.156. The molecule has 2 saturated heterocycles. The Bertz CT molecular complexity index is 865. The molecule has 6 nitrogen and oxygen atoms in total. The Morgan fingerprint density at radius 3 is 2.47 bits per heavy atom. The van der Waals surface area contributed by atoms with Crippen molar-refractivity contribution in [1.29, 1.82) is 0 Å². The quantitative estimate of drug-likeness (QED) is 0.788. The summed E-state index contributed by atoms with van der Waals surface area (Å²) in [5.41, 5.74) is 3.44. The van der Waals surface area contributed by atoms with Gasteiger partial charge in [0.05, 0.1) is 26.4 Å². The van der Waals surface area contributed by atoms with Crippen molar-refractivity contribution in [3.8, 4) is 0 Å². The molecule has 7 heteroatoms. The standard InChI is InChI=1S/C23H28FN3O3/c24-21-4-5-22(27-8-12-30-13-9-27)20(15-21)16-25-23(28)19-3-1-2-18(14-19)17-26-6-10-29-11-7-26/h1-5,14-15H,6-13,16-17H2,(H,25,28). The number of morpholine rings is 2. The Labute approximate surface area is 176 Å². The van der Waals surface area contributed by atoms with Crippen LogP contribution >= 0.6 is 0 Å². The van der Waals surface area contributed by atoms with Crippen molar-refractivity contribution < 1.29 is 18.7 Å². The number of hydrogen-bond donors (Lipinski definition) is 1. The van der Waals surface area contributed by atoms with Crippen LogP contribution in [0.5, 0.6) is 0 Å². The van der Waals surface area contributed by atoms with Gasteiger partial charge in [-0.15, -0.1) is 0 Å². The Morgan fingerprint density at radius 2 is 1.70 bits per heavy atom. The summed E-state index contributed by atoms with van der Waals surface area (Å²) in [4.78, 5) is 17.3. The summed E-state index contributed by atoms with van der Waals surface area (Å²) >= 11 is 0. The number of halogens is 1. The summed E-state index contributed by atoms with van der Waals surface area (Å²) in [7, 11) is 0. The smallest absolute Gasteiger partial charge is 0.251 e. The lowest BCUT2D eigenvalue weighted by atomic mass is 10.1. The first-order valence-corrected chi connectivity index (χ1v) is 10.5. The highest BCUT2D eigenvalue weighted by Crippen LogP contribution is 2.23. The number of carbonyl (C=O) groups is 1. The maximum Gasteiger partial charge on any atom is 0.251 e. The molecule has 30 heavy (non-hydrogen) atoms. The number of anilines is 1. The second-order valence-electron chi connectivity index (χ2n) is 7.64. The average molecular weight is 413 g/mol. The summed E-state index contributed by atoms with van der Waals surface area (Å²) in [6.45, 7) is 7.20. The molecular formula is C23H28FN3O3. The van der Waals surface area contributed by atoms with E-state index in [1.807, 2.05) is 24.3 Å². The molecule has 1 N–H and O–H groups in total. The van der Waals surface area contributed by atoms with Crippen LogP contribution in [-0.4, -0.2) is 63.4 Å². The summed E-state index contributed by atoms with van der Waals surface area (Å²) in [5.74, 6) is -0.459. The zero-order valence-corrected chi connectivity index (χ0v) is 17.1. The van der Waals surface area contributed by atoms with Gasteiger partial charge in [0.25, 0.3) is 5.91 Å². The first kappa shape index (κ1) is 20.8. The Kier molecular flexibility index (Phi) is 6.94. The van der Waals surface area contributed by atoms with E-state index >= 15 is 0 Å². The summed E-state index contributed by atoms with van der Waals surface area (Å²) < 4.78 is 24.7. The van der Waals surface area contributed by atoms with Gasteiger partial charge in [-0.1, -0.05) is 12.1 Å². The van der Waals surface area contributed by atoms with E-state index in [0.717, 1.165) is 62.8 Å². The molecule has 0 bridgehead atoms. The lowest BCUT2D eigenvalue weighted by Crippen LogP contribution is -2.37. The lowest BCUT2D eigenvalue weighted by molar-refractivity contribution is 0.0342. The zero-order valence-electron chi connectivity index (χ0n) is 17.1. The normalized spacial score (nSPS) is 17.7. The SMILES string of the molecule is O=C(NCc1cc(F)ccc1N1CCOCC1)c1cccc(CN2CCOCC2)c1. The van der Waals surface area contributed by atoms with Crippen LogP contribution in [-0.2, 0) is 22.6 Å². The zero-order chi connectivity index (χ0) is 20.8. The molecule has 0 radical (unpaired) electrons. The van der Waals surface area contributed by atoms with E-state index in [1.54, 1.807) is 6.07 Å². The highest BCUT2D eigenvalue weighted by atomic mass is 19.1. The molecule has 0 saturated carbocycles. The van der Waals surface area contributed by atoms with Crippen molar-refractivity contribution in [2.24, 2.45) is 0 Å². The monoisotopic (exact) mass is 413 g/mol. The van der Waals surface area contributed by atoms with Gasteiger partial charge in [0, 0.05) is 50.5 Å². The molecule has 2 aromatic rings. The molecule has 0 aliphatic carbocycles. The van der Waals surface area contributed by atoms with Crippen LogP contribution in [0.2, 0.25) is 0 Å². The third-order valence-corrected chi connectivity index (χ3v) is 5.53. The van der Waals surface area contributed by atoms with E-state index in [9.17, 15) is 9.18 Å². The number of benzene rings is 2. The van der Waals surface area contributed by atoms with Gasteiger partial charge in [0.15, 0.2) is 0 Å². The van der Waals surface area contributed by atoms with Crippen LogP contribution in [0.4, 0.5) is 10.1 Å². The molecule has 1 amide bonds. The predicted octanol–water partition coefficient (Wildman–Crippen LogP) is 2.42. The van der Waals surface area contributed by atoms with E-state index in [0.29, 0.717) is 18.8 Å². The van der Waals surface area contributed by atoms with Crippen LogP contribution in [0.25, 0.3) is 0 Å². The number of nitrogens with zero attached hydrogens (tertiary/aromatic N) is 2. The van der Waals surface area contributed by atoms with Crippen LogP contribution in [0.1, 0.15) is 21.5 Å². The van der Waals surface area contributed by atoms with Gasteiger partial charge in [0.1, 0.15) is 5.82 Å². The second kappa shape index (κ2) is 10.0. The maximum atomic E-state index is 13.9. The van der Waals surface area contributed by atoms with Crippen LogP contribution < -0.4 is 10.2 Å². The van der Waals surface area contributed by atoms with Gasteiger partial charge in [0.2, 0.25) is 0 Å². The number of ether oxygens (including phenoxy) is 2. The van der Waals surface area contributed by atoms with Crippen molar-refractivity contribution in [3.05, 3.63) is 65.0 Å². The second-order valence-corrected chi connectivity index (χ2v) is 7.64. The number of rotatable bonds is 6. The van der Waals surface area contributed by atoms with E-state index in [4.69, 9.17) is 9.47 Å². The highest BCUT2D eigenvalue weighted by Gasteiger charge is 2.17. The van der Waals surface area contributed by atoms with Crippen molar-refractivity contribution in [2.45, 2.75) is 13.1 Å². The maximum absolute atomic E-state index is 13.9. The van der Waals surface area contributed by atoms with Crippen molar-refractivity contribution in [1.82, 2.24) is 10.2 Å². The molecule has 160 valence electrons. The molecule has 2 aliphatic rings. The van der Waals surface area contributed by atoms with Gasteiger partial charge in [-0.25, -0.2) is 4.39 Å². The Hall–Kier alpha value is -2.48. The predicted molar refractivity (Wildman–Crippen MR) is 113 cm³/mol. The minimum Gasteiger partial charge on any atom is -0.379 e.